The van der Waals surface area contributed by atoms with Gasteiger partial charge in [0, 0.05) is 26.3 Å². The van der Waals surface area contributed by atoms with Crippen LogP contribution in [0.25, 0.3) is 0 Å². The molecule has 0 radical (unpaired) electrons. The normalized spacial score (nSPS) is 17.4. The molecule has 1 aliphatic heterocycles. The first kappa shape index (κ1) is 11.1. The first-order valence-corrected chi connectivity index (χ1v) is 5.66. The Morgan fingerprint density at radius 2 is 2.25 bits per heavy atom. The second kappa shape index (κ2) is 4.65. The maximum absolute atomic E-state index is 12.1. The molecule has 5 nitrogen and oxygen atoms in total. The van der Waals surface area contributed by atoms with Crippen molar-refractivity contribution in [1.82, 2.24) is 20.0 Å². The van der Waals surface area contributed by atoms with Crippen LogP contribution in [0.2, 0.25) is 0 Å². The minimum Gasteiger partial charge on any atom is -0.337 e. The number of nitrogens with one attached hydrogen (secondary N) is 1. The van der Waals surface area contributed by atoms with E-state index in [0.717, 1.165) is 25.9 Å². The SMILES string of the molecule is CN(C(=O)c1ccn(C)n1)C1CCNCC1. The van der Waals surface area contributed by atoms with E-state index in [1.807, 2.05) is 19.0 Å². The molecule has 1 aliphatic rings. The number of hydrogen-bond donors (Lipinski definition) is 1. The van der Waals surface area contributed by atoms with Crippen molar-refractivity contribution >= 4 is 5.91 Å². The fourth-order valence-electron chi connectivity index (χ4n) is 2.07. The summed E-state index contributed by atoms with van der Waals surface area (Å²) >= 11 is 0. The van der Waals surface area contributed by atoms with Crippen molar-refractivity contribution in [3.63, 3.8) is 0 Å². The Balaban J connectivity index is 2.03. The van der Waals surface area contributed by atoms with Crippen LogP contribution in [0.3, 0.4) is 0 Å². The Morgan fingerprint density at radius 3 is 2.81 bits per heavy atom. The number of carbonyl (C=O) groups is 1. The molecule has 0 unspecified atom stereocenters. The number of amides is 1. The van der Waals surface area contributed by atoms with Gasteiger partial charge in [-0.15, -0.1) is 0 Å². The van der Waals surface area contributed by atoms with Gasteiger partial charge in [-0.05, 0) is 32.0 Å². The van der Waals surface area contributed by atoms with E-state index in [-0.39, 0.29) is 5.91 Å². The van der Waals surface area contributed by atoms with Crippen molar-refractivity contribution in [3.8, 4) is 0 Å². The van der Waals surface area contributed by atoms with Gasteiger partial charge in [0.05, 0.1) is 0 Å². The standard InChI is InChI=1S/C11H18N4O/c1-14-8-5-10(13-14)11(16)15(2)9-3-6-12-7-4-9/h5,8-9,12H,3-4,6-7H2,1-2H3. The number of carbonyl (C=O) groups excluding carboxylic acids is 1. The summed E-state index contributed by atoms with van der Waals surface area (Å²) in [5.74, 6) is 0.0208. The number of aromatic nitrogens is 2. The van der Waals surface area contributed by atoms with Gasteiger partial charge in [0.1, 0.15) is 5.69 Å². The molecule has 5 heteroatoms. The zero-order valence-corrected chi connectivity index (χ0v) is 9.81. The molecule has 1 aromatic rings. The Kier molecular flexibility index (Phi) is 3.24. The summed E-state index contributed by atoms with van der Waals surface area (Å²) in [4.78, 5) is 13.9. The largest absolute Gasteiger partial charge is 0.337 e. The molecule has 16 heavy (non-hydrogen) atoms. The zero-order valence-electron chi connectivity index (χ0n) is 9.81. The number of hydrogen-bond acceptors (Lipinski definition) is 3. The predicted octanol–water partition coefficient (Wildman–Crippen LogP) is 0.244. The zero-order chi connectivity index (χ0) is 11.5. The van der Waals surface area contributed by atoms with Crippen LogP contribution < -0.4 is 5.32 Å². The number of nitrogens with zero attached hydrogens (tertiary/aromatic N) is 3. The summed E-state index contributed by atoms with van der Waals surface area (Å²) in [5, 5.41) is 7.43. The van der Waals surface area contributed by atoms with E-state index in [0.29, 0.717) is 11.7 Å². The molecule has 2 heterocycles. The van der Waals surface area contributed by atoms with Gasteiger partial charge < -0.3 is 10.2 Å². The predicted molar refractivity (Wildman–Crippen MR) is 61.2 cm³/mol. The summed E-state index contributed by atoms with van der Waals surface area (Å²) < 4.78 is 1.66. The van der Waals surface area contributed by atoms with Crippen molar-refractivity contribution in [2.24, 2.45) is 7.05 Å². The summed E-state index contributed by atoms with van der Waals surface area (Å²) in [6.07, 6.45) is 3.84. The van der Waals surface area contributed by atoms with Crippen molar-refractivity contribution in [3.05, 3.63) is 18.0 Å². The molecule has 0 aliphatic carbocycles. The Hall–Kier alpha value is -1.36. The summed E-state index contributed by atoms with van der Waals surface area (Å²) in [6.45, 7) is 1.98. The number of aryl methyl sites for hydroxylation is 1. The molecule has 2 rings (SSSR count). The summed E-state index contributed by atoms with van der Waals surface area (Å²) in [5.41, 5.74) is 0.531. The van der Waals surface area contributed by atoms with E-state index in [9.17, 15) is 4.79 Å². The maximum atomic E-state index is 12.1. The Bertz CT molecular complexity index is 368. The molecule has 0 bridgehead atoms. The highest BCUT2D eigenvalue weighted by atomic mass is 16.2. The highest BCUT2D eigenvalue weighted by molar-refractivity contribution is 5.92. The van der Waals surface area contributed by atoms with Gasteiger partial charge in [-0.25, -0.2) is 0 Å². The van der Waals surface area contributed by atoms with Crippen LogP contribution in [0.1, 0.15) is 23.3 Å². The maximum Gasteiger partial charge on any atom is 0.274 e. The van der Waals surface area contributed by atoms with E-state index < -0.39 is 0 Å². The molecule has 0 aromatic carbocycles. The van der Waals surface area contributed by atoms with E-state index in [1.165, 1.54) is 0 Å². The molecule has 88 valence electrons. The van der Waals surface area contributed by atoms with E-state index >= 15 is 0 Å². The third-order valence-corrected chi connectivity index (χ3v) is 3.11. The third-order valence-electron chi connectivity index (χ3n) is 3.11. The van der Waals surface area contributed by atoms with Crippen LogP contribution in [-0.2, 0) is 7.05 Å². The van der Waals surface area contributed by atoms with E-state index in [4.69, 9.17) is 0 Å². The first-order chi connectivity index (χ1) is 7.68. The molecule has 0 spiro atoms. The lowest BCUT2D eigenvalue weighted by molar-refractivity contribution is 0.0696. The number of rotatable bonds is 2. The van der Waals surface area contributed by atoms with E-state index in [2.05, 4.69) is 10.4 Å². The van der Waals surface area contributed by atoms with Gasteiger partial charge in [0.15, 0.2) is 0 Å². The Labute approximate surface area is 95.4 Å². The lowest BCUT2D eigenvalue weighted by Gasteiger charge is -2.31. The quantitative estimate of drug-likeness (QED) is 0.780. The molecule has 1 saturated heterocycles. The highest BCUT2D eigenvalue weighted by Crippen LogP contribution is 2.12. The van der Waals surface area contributed by atoms with Crippen molar-refractivity contribution in [2.45, 2.75) is 18.9 Å². The summed E-state index contributed by atoms with van der Waals surface area (Å²) in [7, 11) is 3.69. The van der Waals surface area contributed by atoms with Gasteiger partial charge in [-0.2, -0.15) is 5.10 Å². The Morgan fingerprint density at radius 1 is 1.56 bits per heavy atom. The smallest absolute Gasteiger partial charge is 0.274 e. The van der Waals surface area contributed by atoms with Crippen LogP contribution in [0, 0.1) is 0 Å². The average molecular weight is 222 g/mol. The topological polar surface area (TPSA) is 50.2 Å². The summed E-state index contributed by atoms with van der Waals surface area (Å²) in [6, 6.07) is 2.11. The lowest BCUT2D eigenvalue weighted by Crippen LogP contribution is -2.44. The molecule has 1 N–H and O–H groups in total. The van der Waals surface area contributed by atoms with Crippen LogP contribution >= 0.6 is 0 Å². The van der Waals surface area contributed by atoms with Crippen LogP contribution in [-0.4, -0.2) is 46.8 Å². The fourth-order valence-corrected chi connectivity index (χ4v) is 2.07. The van der Waals surface area contributed by atoms with E-state index in [1.54, 1.807) is 16.9 Å². The van der Waals surface area contributed by atoms with Gasteiger partial charge in [-0.1, -0.05) is 0 Å². The molecular formula is C11H18N4O. The molecular weight excluding hydrogens is 204 g/mol. The second-order valence-corrected chi connectivity index (χ2v) is 4.27. The van der Waals surface area contributed by atoms with Gasteiger partial charge in [0.2, 0.25) is 0 Å². The van der Waals surface area contributed by atoms with Crippen molar-refractivity contribution in [2.75, 3.05) is 20.1 Å². The highest BCUT2D eigenvalue weighted by Gasteiger charge is 2.23. The fraction of sp³-hybridized carbons (Fsp3) is 0.636. The third kappa shape index (κ3) is 2.24. The first-order valence-electron chi connectivity index (χ1n) is 5.66. The second-order valence-electron chi connectivity index (χ2n) is 4.27. The van der Waals surface area contributed by atoms with Crippen LogP contribution in [0.4, 0.5) is 0 Å². The van der Waals surface area contributed by atoms with Crippen molar-refractivity contribution in [1.29, 1.82) is 0 Å². The average Bonchev–Trinajstić information content (AvgIpc) is 2.75. The monoisotopic (exact) mass is 222 g/mol. The molecule has 1 fully saturated rings. The lowest BCUT2D eigenvalue weighted by atomic mass is 10.1. The molecule has 1 amide bonds. The molecule has 1 aromatic heterocycles. The molecule has 0 atom stereocenters. The van der Waals surface area contributed by atoms with Gasteiger partial charge >= 0.3 is 0 Å². The minimum absolute atomic E-state index is 0.0208. The van der Waals surface area contributed by atoms with Crippen LogP contribution in [0.5, 0.6) is 0 Å². The van der Waals surface area contributed by atoms with Crippen molar-refractivity contribution < 1.29 is 4.79 Å². The molecule has 0 saturated carbocycles. The van der Waals surface area contributed by atoms with Gasteiger partial charge in [0.25, 0.3) is 5.91 Å². The number of piperidine rings is 1. The minimum atomic E-state index is 0.0208. The van der Waals surface area contributed by atoms with Crippen LogP contribution in [0.15, 0.2) is 12.3 Å². The van der Waals surface area contributed by atoms with Gasteiger partial charge in [-0.3, -0.25) is 9.48 Å².